The summed E-state index contributed by atoms with van der Waals surface area (Å²) < 4.78 is 16.5. The lowest BCUT2D eigenvalue weighted by atomic mass is 9.92. The van der Waals surface area contributed by atoms with Crippen molar-refractivity contribution in [2.45, 2.75) is 46.1 Å². The van der Waals surface area contributed by atoms with E-state index in [1.54, 1.807) is 24.3 Å². The molecule has 0 saturated carbocycles. The van der Waals surface area contributed by atoms with E-state index in [4.69, 9.17) is 14.0 Å². The Labute approximate surface area is 164 Å². The van der Waals surface area contributed by atoms with Crippen LogP contribution < -0.4 is 9.47 Å². The van der Waals surface area contributed by atoms with Crippen LogP contribution in [0.3, 0.4) is 0 Å². The Balaban J connectivity index is 1.38. The van der Waals surface area contributed by atoms with Crippen LogP contribution in [0.4, 0.5) is 0 Å². The molecular formula is C23H23NO4. The Hall–Kier alpha value is -3.08. The smallest absolute Gasteiger partial charge is 0.343 e. The zero-order chi connectivity index (χ0) is 19.5. The van der Waals surface area contributed by atoms with Crippen molar-refractivity contribution in [3.63, 3.8) is 0 Å². The number of benzene rings is 2. The van der Waals surface area contributed by atoms with Crippen molar-refractivity contribution in [1.29, 1.82) is 0 Å². The quantitative estimate of drug-likeness (QED) is 0.464. The predicted molar refractivity (Wildman–Crippen MR) is 105 cm³/mol. The monoisotopic (exact) mass is 377 g/mol. The number of hydrogen-bond donors (Lipinski definition) is 0. The van der Waals surface area contributed by atoms with Crippen molar-refractivity contribution in [2.24, 2.45) is 0 Å². The third-order valence-corrected chi connectivity index (χ3v) is 5.18. The van der Waals surface area contributed by atoms with Gasteiger partial charge in [-0.25, -0.2) is 4.79 Å². The third kappa shape index (κ3) is 3.93. The number of carbonyl (C=O) groups excluding carboxylic acids is 1. The van der Waals surface area contributed by atoms with Gasteiger partial charge in [0.1, 0.15) is 23.9 Å². The molecule has 28 heavy (non-hydrogen) atoms. The second-order valence-corrected chi connectivity index (χ2v) is 7.14. The molecule has 144 valence electrons. The molecule has 4 rings (SSSR count). The minimum atomic E-state index is -0.368. The van der Waals surface area contributed by atoms with Gasteiger partial charge >= 0.3 is 5.97 Å². The molecule has 1 aromatic heterocycles. The topological polar surface area (TPSA) is 61.6 Å². The van der Waals surface area contributed by atoms with Gasteiger partial charge < -0.3 is 14.0 Å². The van der Waals surface area contributed by atoms with Crippen molar-refractivity contribution in [1.82, 2.24) is 5.16 Å². The molecule has 1 aliphatic rings. The van der Waals surface area contributed by atoms with Crippen molar-refractivity contribution < 1.29 is 18.8 Å². The molecule has 0 atom stereocenters. The molecule has 0 N–H and O–H groups in total. The molecule has 1 heterocycles. The fourth-order valence-corrected chi connectivity index (χ4v) is 3.49. The van der Waals surface area contributed by atoms with Crippen LogP contribution in [-0.2, 0) is 19.4 Å². The molecule has 2 aromatic carbocycles. The maximum absolute atomic E-state index is 12.4. The fourth-order valence-electron chi connectivity index (χ4n) is 3.49. The summed E-state index contributed by atoms with van der Waals surface area (Å²) in [6, 6.07) is 12.9. The SMILES string of the molecule is Cc1noc(C)c1COc1ccc(C(=O)Oc2ccc3c(c2)CCCC3)cc1. The minimum Gasteiger partial charge on any atom is -0.489 e. The zero-order valence-corrected chi connectivity index (χ0v) is 16.2. The lowest BCUT2D eigenvalue weighted by molar-refractivity contribution is 0.0734. The third-order valence-electron chi connectivity index (χ3n) is 5.18. The average Bonchev–Trinajstić information content (AvgIpc) is 3.04. The average molecular weight is 377 g/mol. The maximum atomic E-state index is 12.4. The lowest BCUT2D eigenvalue weighted by Crippen LogP contribution is -2.10. The van der Waals surface area contributed by atoms with Gasteiger partial charge in [-0.15, -0.1) is 0 Å². The van der Waals surface area contributed by atoms with E-state index >= 15 is 0 Å². The number of aromatic nitrogens is 1. The Morgan fingerprint density at radius 2 is 1.71 bits per heavy atom. The van der Waals surface area contributed by atoms with Crippen LogP contribution in [0.2, 0.25) is 0 Å². The number of aryl methyl sites for hydroxylation is 4. The van der Waals surface area contributed by atoms with Crippen molar-refractivity contribution in [2.75, 3.05) is 0 Å². The molecule has 0 amide bonds. The standard InChI is InChI=1S/C23H23NO4/c1-15-22(16(2)28-24-15)14-26-20-10-8-18(9-11-20)23(25)27-21-12-7-17-5-3-4-6-19(17)13-21/h7-13H,3-6,14H2,1-2H3. The van der Waals surface area contributed by atoms with Crippen LogP contribution in [0.15, 0.2) is 47.0 Å². The molecule has 5 heteroatoms. The number of hydrogen-bond acceptors (Lipinski definition) is 5. The molecule has 0 radical (unpaired) electrons. The van der Waals surface area contributed by atoms with Gasteiger partial charge in [-0.1, -0.05) is 11.2 Å². The molecule has 3 aromatic rings. The highest BCUT2D eigenvalue weighted by Crippen LogP contribution is 2.26. The van der Waals surface area contributed by atoms with Crippen LogP contribution in [-0.4, -0.2) is 11.1 Å². The summed E-state index contributed by atoms with van der Waals surface area (Å²) in [4.78, 5) is 12.4. The van der Waals surface area contributed by atoms with Gasteiger partial charge in [0.2, 0.25) is 0 Å². The molecule has 0 saturated heterocycles. The van der Waals surface area contributed by atoms with E-state index in [1.807, 2.05) is 26.0 Å². The molecular weight excluding hydrogens is 354 g/mol. The second-order valence-electron chi connectivity index (χ2n) is 7.14. The predicted octanol–water partition coefficient (Wildman–Crippen LogP) is 4.97. The number of rotatable bonds is 5. The molecule has 0 aliphatic heterocycles. The highest BCUT2D eigenvalue weighted by atomic mass is 16.5. The van der Waals surface area contributed by atoms with Gasteiger partial charge in [0.15, 0.2) is 0 Å². The first-order valence-corrected chi connectivity index (χ1v) is 9.59. The van der Waals surface area contributed by atoms with E-state index < -0.39 is 0 Å². The molecule has 0 fully saturated rings. The number of fused-ring (bicyclic) bond motifs is 1. The maximum Gasteiger partial charge on any atom is 0.343 e. The number of esters is 1. The Morgan fingerprint density at radius 3 is 2.43 bits per heavy atom. The van der Waals surface area contributed by atoms with Crippen LogP contribution in [0.5, 0.6) is 11.5 Å². The summed E-state index contributed by atoms with van der Waals surface area (Å²) in [5.74, 6) is 1.66. The largest absolute Gasteiger partial charge is 0.489 e. The Bertz CT molecular complexity index is 969. The van der Waals surface area contributed by atoms with Gasteiger partial charge in [-0.2, -0.15) is 0 Å². The van der Waals surface area contributed by atoms with Crippen LogP contribution in [0, 0.1) is 13.8 Å². The first-order valence-electron chi connectivity index (χ1n) is 9.59. The highest BCUT2D eigenvalue weighted by molar-refractivity contribution is 5.91. The summed E-state index contributed by atoms with van der Waals surface area (Å²) >= 11 is 0. The van der Waals surface area contributed by atoms with Gasteiger partial charge in [-0.3, -0.25) is 0 Å². The van der Waals surface area contributed by atoms with Gasteiger partial charge in [0, 0.05) is 0 Å². The second kappa shape index (κ2) is 7.89. The summed E-state index contributed by atoms with van der Waals surface area (Å²) in [6.07, 6.45) is 4.59. The van der Waals surface area contributed by atoms with E-state index in [1.165, 1.54) is 24.0 Å². The number of carbonyl (C=O) groups is 1. The fraction of sp³-hybridized carbons (Fsp3) is 0.304. The van der Waals surface area contributed by atoms with E-state index in [2.05, 4.69) is 11.2 Å². The van der Waals surface area contributed by atoms with Crippen LogP contribution >= 0.6 is 0 Å². The summed E-state index contributed by atoms with van der Waals surface area (Å²) in [5.41, 5.74) is 4.91. The van der Waals surface area contributed by atoms with Crippen LogP contribution in [0.25, 0.3) is 0 Å². The molecule has 0 spiro atoms. The van der Waals surface area contributed by atoms with Gasteiger partial charge in [-0.05, 0) is 87.1 Å². The minimum absolute atomic E-state index is 0.368. The normalized spacial score (nSPS) is 13.1. The zero-order valence-electron chi connectivity index (χ0n) is 16.2. The Kier molecular flexibility index (Phi) is 5.15. The van der Waals surface area contributed by atoms with Gasteiger partial charge in [0.05, 0.1) is 16.8 Å². The molecule has 0 bridgehead atoms. The van der Waals surface area contributed by atoms with E-state index in [0.717, 1.165) is 29.9 Å². The van der Waals surface area contributed by atoms with Crippen molar-refractivity contribution in [3.05, 3.63) is 76.2 Å². The highest BCUT2D eigenvalue weighted by Gasteiger charge is 2.14. The molecule has 0 unspecified atom stereocenters. The summed E-state index contributed by atoms with van der Waals surface area (Å²) in [5, 5.41) is 3.92. The van der Waals surface area contributed by atoms with E-state index in [-0.39, 0.29) is 5.97 Å². The van der Waals surface area contributed by atoms with E-state index in [0.29, 0.717) is 23.7 Å². The van der Waals surface area contributed by atoms with Crippen molar-refractivity contribution >= 4 is 5.97 Å². The Morgan fingerprint density at radius 1 is 1.00 bits per heavy atom. The van der Waals surface area contributed by atoms with E-state index in [9.17, 15) is 4.79 Å². The molecule has 5 nitrogen and oxygen atoms in total. The lowest BCUT2D eigenvalue weighted by Gasteiger charge is -2.16. The van der Waals surface area contributed by atoms with Crippen molar-refractivity contribution in [3.8, 4) is 11.5 Å². The molecule has 1 aliphatic carbocycles. The first kappa shape index (κ1) is 18.3. The summed E-state index contributed by atoms with van der Waals surface area (Å²) in [6.45, 7) is 4.12. The number of nitrogens with zero attached hydrogens (tertiary/aromatic N) is 1. The summed E-state index contributed by atoms with van der Waals surface area (Å²) in [7, 11) is 0. The van der Waals surface area contributed by atoms with Crippen LogP contribution in [0.1, 0.15) is 51.3 Å². The number of ether oxygens (including phenoxy) is 2. The first-order chi connectivity index (χ1) is 13.6. The van der Waals surface area contributed by atoms with Gasteiger partial charge in [0.25, 0.3) is 0 Å².